The number of rotatable bonds is 5. The summed E-state index contributed by atoms with van der Waals surface area (Å²) in [4.78, 5) is 46.1. The molecule has 27 heavy (non-hydrogen) atoms. The van der Waals surface area contributed by atoms with Crippen molar-refractivity contribution in [3.8, 4) is 0 Å². The summed E-state index contributed by atoms with van der Waals surface area (Å²) in [5, 5.41) is 0.385. The quantitative estimate of drug-likeness (QED) is 0.558. The van der Waals surface area contributed by atoms with Crippen LogP contribution in [-0.2, 0) is 19.7 Å². The third-order valence-corrected chi connectivity index (χ3v) is 5.61. The van der Waals surface area contributed by atoms with Gasteiger partial charge in [0.05, 0.1) is 28.7 Å². The number of benzene rings is 2. The summed E-state index contributed by atoms with van der Waals surface area (Å²) in [6, 6.07) is 10.9. The second kappa shape index (κ2) is 6.91. The third-order valence-electron chi connectivity index (χ3n) is 3.91. The van der Waals surface area contributed by atoms with Crippen molar-refractivity contribution in [2.24, 2.45) is 0 Å². The van der Waals surface area contributed by atoms with Crippen LogP contribution in [0.15, 0.2) is 53.4 Å². The standard InChI is InChI=1S/C17H14N2O7S/c1-18(25-2)27(23,24)12-9-7-11(8-10-12)17(22)26-19-15(20)13-5-3-4-6-14(13)16(19)21/h3-10H,1-2H3. The van der Waals surface area contributed by atoms with E-state index in [0.717, 1.165) is 0 Å². The van der Waals surface area contributed by atoms with Crippen LogP contribution in [0.4, 0.5) is 0 Å². The number of sulfonamides is 1. The predicted molar refractivity (Wildman–Crippen MR) is 90.8 cm³/mol. The lowest BCUT2D eigenvalue weighted by molar-refractivity contribution is -0.0584. The van der Waals surface area contributed by atoms with E-state index in [1.165, 1.54) is 50.6 Å². The molecule has 0 radical (unpaired) electrons. The van der Waals surface area contributed by atoms with E-state index in [1.807, 2.05) is 0 Å². The van der Waals surface area contributed by atoms with Gasteiger partial charge in [-0.3, -0.25) is 14.4 Å². The molecule has 0 aromatic heterocycles. The van der Waals surface area contributed by atoms with Crippen LogP contribution in [0.25, 0.3) is 0 Å². The lowest BCUT2D eigenvalue weighted by Crippen LogP contribution is -2.32. The normalized spacial score (nSPS) is 13.8. The molecule has 9 nitrogen and oxygen atoms in total. The first-order valence-corrected chi connectivity index (χ1v) is 9.04. The molecule has 0 saturated heterocycles. The first-order chi connectivity index (χ1) is 12.8. The number of hydroxylamine groups is 3. The van der Waals surface area contributed by atoms with Gasteiger partial charge >= 0.3 is 5.97 Å². The summed E-state index contributed by atoms with van der Waals surface area (Å²) in [6.45, 7) is 0. The molecule has 0 atom stereocenters. The number of imide groups is 1. The van der Waals surface area contributed by atoms with Gasteiger partial charge in [-0.1, -0.05) is 21.7 Å². The molecule has 0 spiro atoms. The Morgan fingerprint density at radius 3 is 1.96 bits per heavy atom. The zero-order chi connectivity index (χ0) is 19.8. The van der Waals surface area contributed by atoms with Gasteiger partial charge in [0, 0.05) is 7.05 Å². The SMILES string of the molecule is CON(C)S(=O)(=O)c1ccc(C(=O)ON2C(=O)c3ccccc3C2=O)cc1. The highest BCUT2D eigenvalue weighted by Gasteiger charge is 2.38. The molecule has 140 valence electrons. The monoisotopic (exact) mass is 390 g/mol. The van der Waals surface area contributed by atoms with Gasteiger partial charge in [-0.25, -0.2) is 13.2 Å². The molecule has 0 fully saturated rings. The molecule has 1 aliphatic rings. The van der Waals surface area contributed by atoms with Crippen molar-refractivity contribution in [1.82, 2.24) is 9.53 Å². The maximum absolute atomic E-state index is 12.2. The van der Waals surface area contributed by atoms with Crippen LogP contribution in [0.1, 0.15) is 31.1 Å². The van der Waals surface area contributed by atoms with E-state index < -0.39 is 27.8 Å². The smallest absolute Gasteiger partial charge is 0.324 e. The molecule has 2 aromatic rings. The van der Waals surface area contributed by atoms with Crippen LogP contribution in [0.2, 0.25) is 0 Å². The Morgan fingerprint density at radius 1 is 0.963 bits per heavy atom. The van der Waals surface area contributed by atoms with Gasteiger partial charge < -0.3 is 4.84 Å². The Kier molecular flexibility index (Phi) is 4.79. The zero-order valence-corrected chi connectivity index (χ0v) is 15.1. The highest BCUT2D eigenvalue weighted by Crippen LogP contribution is 2.23. The van der Waals surface area contributed by atoms with Crippen LogP contribution < -0.4 is 0 Å². The summed E-state index contributed by atoms with van der Waals surface area (Å²) in [6.07, 6.45) is 0. The minimum absolute atomic E-state index is 0.0365. The fourth-order valence-electron chi connectivity index (χ4n) is 2.40. The van der Waals surface area contributed by atoms with Crippen molar-refractivity contribution in [3.63, 3.8) is 0 Å². The van der Waals surface area contributed by atoms with E-state index in [1.54, 1.807) is 12.1 Å². The Morgan fingerprint density at radius 2 is 1.48 bits per heavy atom. The van der Waals surface area contributed by atoms with Gasteiger partial charge in [0.2, 0.25) is 0 Å². The van der Waals surface area contributed by atoms with Crippen LogP contribution in [0, 0.1) is 0 Å². The number of hydrogen-bond acceptors (Lipinski definition) is 7. The second-order valence-corrected chi connectivity index (χ2v) is 7.39. The molecular formula is C17H14N2O7S. The van der Waals surface area contributed by atoms with E-state index in [0.29, 0.717) is 9.53 Å². The summed E-state index contributed by atoms with van der Waals surface area (Å²) in [5.41, 5.74) is 0.240. The van der Waals surface area contributed by atoms with Crippen LogP contribution in [-0.4, -0.2) is 49.9 Å². The molecule has 1 aliphatic heterocycles. The van der Waals surface area contributed by atoms with Crippen molar-refractivity contribution in [1.29, 1.82) is 0 Å². The summed E-state index contributed by atoms with van der Waals surface area (Å²) in [5.74, 6) is -2.47. The van der Waals surface area contributed by atoms with Gasteiger partial charge in [0.25, 0.3) is 21.8 Å². The van der Waals surface area contributed by atoms with E-state index in [4.69, 9.17) is 4.84 Å². The Hall–Kier alpha value is -3.08. The van der Waals surface area contributed by atoms with Crippen LogP contribution in [0.5, 0.6) is 0 Å². The summed E-state index contributed by atoms with van der Waals surface area (Å²) >= 11 is 0. The Bertz CT molecular complexity index is 997. The van der Waals surface area contributed by atoms with Crippen molar-refractivity contribution in [3.05, 3.63) is 65.2 Å². The van der Waals surface area contributed by atoms with Gasteiger partial charge in [0.1, 0.15) is 0 Å². The molecule has 2 aromatic carbocycles. The lowest BCUT2D eigenvalue weighted by atomic mass is 10.1. The number of carbonyl (C=O) groups is 3. The van der Waals surface area contributed by atoms with Crippen LogP contribution in [0.3, 0.4) is 0 Å². The Labute approximate surface area is 154 Å². The number of nitrogens with zero attached hydrogens (tertiary/aromatic N) is 2. The average molecular weight is 390 g/mol. The fourth-order valence-corrected chi connectivity index (χ4v) is 3.37. The number of amides is 2. The van der Waals surface area contributed by atoms with E-state index in [9.17, 15) is 22.8 Å². The van der Waals surface area contributed by atoms with Gasteiger partial charge in [-0.15, -0.1) is 0 Å². The van der Waals surface area contributed by atoms with Gasteiger partial charge in [0.15, 0.2) is 0 Å². The molecule has 2 amide bonds. The molecule has 1 heterocycles. The Balaban J connectivity index is 1.78. The van der Waals surface area contributed by atoms with E-state index in [-0.39, 0.29) is 21.6 Å². The average Bonchev–Trinajstić information content (AvgIpc) is 2.92. The van der Waals surface area contributed by atoms with Crippen molar-refractivity contribution in [2.75, 3.05) is 14.2 Å². The predicted octanol–water partition coefficient (Wildman–Crippen LogP) is 1.24. The van der Waals surface area contributed by atoms with Crippen molar-refractivity contribution in [2.45, 2.75) is 4.90 Å². The number of carbonyl (C=O) groups excluding carboxylic acids is 3. The maximum Gasteiger partial charge on any atom is 0.363 e. The molecular weight excluding hydrogens is 376 g/mol. The molecule has 0 saturated carbocycles. The molecule has 0 aliphatic carbocycles. The molecule has 0 N–H and O–H groups in total. The van der Waals surface area contributed by atoms with Gasteiger partial charge in [-0.2, -0.15) is 0 Å². The summed E-state index contributed by atoms with van der Waals surface area (Å²) in [7, 11) is -1.45. The lowest BCUT2D eigenvalue weighted by Gasteiger charge is -2.15. The highest BCUT2D eigenvalue weighted by atomic mass is 32.2. The first-order valence-electron chi connectivity index (χ1n) is 7.60. The minimum Gasteiger partial charge on any atom is -0.324 e. The fraction of sp³-hybridized carbons (Fsp3) is 0.118. The highest BCUT2D eigenvalue weighted by molar-refractivity contribution is 7.89. The second-order valence-electron chi connectivity index (χ2n) is 5.45. The molecule has 0 bridgehead atoms. The molecule has 0 unspecified atom stereocenters. The molecule has 10 heteroatoms. The first kappa shape index (κ1) is 18.7. The largest absolute Gasteiger partial charge is 0.363 e. The maximum atomic E-state index is 12.2. The van der Waals surface area contributed by atoms with E-state index in [2.05, 4.69) is 4.84 Å². The zero-order valence-electron chi connectivity index (χ0n) is 14.3. The van der Waals surface area contributed by atoms with Crippen molar-refractivity contribution < 1.29 is 32.5 Å². The van der Waals surface area contributed by atoms with E-state index >= 15 is 0 Å². The third kappa shape index (κ3) is 3.21. The van der Waals surface area contributed by atoms with Crippen molar-refractivity contribution >= 4 is 27.8 Å². The number of fused-ring (bicyclic) bond motifs is 1. The number of hydrogen-bond donors (Lipinski definition) is 0. The molecule has 3 rings (SSSR count). The minimum atomic E-state index is -3.87. The summed E-state index contributed by atoms with van der Waals surface area (Å²) < 4.78 is 24.9. The topological polar surface area (TPSA) is 110 Å². The van der Waals surface area contributed by atoms with Crippen LogP contribution >= 0.6 is 0 Å². The van der Waals surface area contributed by atoms with Gasteiger partial charge in [-0.05, 0) is 36.4 Å².